The smallest absolute Gasteiger partial charge is 0.191 e. The van der Waals surface area contributed by atoms with Gasteiger partial charge < -0.3 is 20.6 Å². The van der Waals surface area contributed by atoms with E-state index in [4.69, 9.17) is 0 Å². The van der Waals surface area contributed by atoms with Crippen molar-refractivity contribution >= 4 is 27.4 Å². The highest BCUT2D eigenvalue weighted by molar-refractivity contribution is 7.19. The second-order valence-corrected chi connectivity index (χ2v) is 8.18. The maximum Gasteiger partial charge on any atom is 0.191 e. The number of likely N-dealkylation sites (N-methyl/N-ethyl adjacent to an activating group) is 1. The van der Waals surface area contributed by atoms with Crippen molar-refractivity contribution in [3.8, 4) is 0 Å². The Morgan fingerprint density at radius 1 is 1.10 bits per heavy atom. The summed E-state index contributed by atoms with van der Waals surface area (Å²) < 4.78 is 14.4. The summed E-state index contributed by atoms with van der Waals surface area (Å²) in [5, 5.41) is 18.2. The van der Waals surface area contributed by atoms with Crippen LogP contribution < -0.4 is 10.6 Å². The van der Waals surface area contributed by atoms with Gasteiger partial charge in [-0.15, -0.1) is 11.3 Å². The van der Waals surface area contributed by atoms with Crippen LogP contribution in [-0.4, -0.2) is 50.2 Å². The van der Waals surface area contributed by atoms with E-state index in [2.05, 4.69) is 26.6 Å². The Morgan fingerprint density at radius 3 is 2.45 bits per heavy atom. The number of aliphatic hydroxyl groups excluding tert-OH is 1. The van der Waals surface area contributed by atoms with Gasteiger partial charge in [-0.1, -0.05) is 30.3 Å². The molecule has 0 bridgehead atoms. The molecule has 1 heterocycles. The fraction of sp³-hybridized carbons (Fsp3) is 0.318. The zero-order chi connectivity index (χ0) is 20.8. The van der Waals surface area contributed by atoms with Crippen LogP contribution in [0.15, 0.2) is 59.6 Å². The van der Waals surface area contributed by atoms with Gasteiger partial charge in [0.1, 0.15) is 11.9 Å². The highest BCUT2D eigenvalue weighted by atomic mass is 32.1. The van der Waals surface area contributed by atoms with Crippen molar-refractivity contribution in [2.24, 2.45) is 4.99 Å². The van der Waals surface area contributed by atoms with E-state index in [1.165, 1.54) is 12.1 Å². The molecular weight excluding hydrogens is 387 g/mol. The quantitative estimate of drug-likeness (QED) is 0.409. The van der Waals surface area contributed by atoms with Gasteiger partial charge in [0.25, 0.3) is 0 Å². The molecular formula is C22H27FN4OS. The molecule has 29 heavy (non-hydrogen) atoms. The maximum absolute atomic E-state index is 13.2. The molecule has 3 rings (SSSR count). The molecule has 0 aliphatic carbocycles. The van der Waals surface area contributed by atoms with Gasteiger partial charge in [0.05, 0.1) is 6.04 Å². The molecule has 3 N–H and O–H groups in total. The number of nitrogens with one attached hydrogen (secondary N) is 2. The van der Waals surface area contributed by atoms with Gasteiger partial charge in [-0.2, -0.15) is 0 Å². The molecule has 0 saturated carbocycles. The van der Waals surface area contributed by atoms with Crippen molar-refractivity contribution in [1.82, 2.24) is 15.5 Å². The largest absolute Gasteiger partial charge is 0.386 e. The van der Waals surface area contributed by atoms with E-state index in [0.29, 0.717) is 19.0 Å². The zero-order valence-electron chi connectivity index (χ0n) is 16.9. The summed E-state index contributed by atoms with van der Waals surface area (Å²) in [5.74, 6) is 0.367. The second kappa shape index (κ2) is 9.82. The Bertz CT molecular complexity index is 922. The lowest BCUT2D eigenvalue weighted by Gasteiger charge is -2.26. The molecule has 7 heteroatoms. The van der Waals surface area contributed by atoms with Crippen molar-refractivity contribution in [2.45, 2.75) is 12.1 Å². The Kier molecular flexibility index (Phi) is 7.19. The van der Waals surface area contributed by atoms with Crippen LogP contribution in [0.5, 0.6) is 0 Å². The predicted octanol–water partition coefficient (Wildman–Crippen LogP) is 3.54. The van der Waals surface area contributed by atoms with Crippen LogP contribution in [0.3, 0.4) is 0 Å². The SMILES string of the molecule is CN=C(NCC(O)c1cc2ccccc2s1)NCC(c1ccc(F)cc1)N(C)C. The first-order valence-corrected chi connectivity index (χ1v) is 10.3. The van der Waals surface area contributed by atoms with Crippen molar-refractivity contribution in [3.63, 3.8) is 0 Å². The van der Waals surface area contributed by atoms with Gasteiger partial charge in [0, 0.05) is 29.7 Å². The summed E-state index contributed by atoms with van der Waals surface area (Å²) in [6.45, 7) is 0.951. The molecule has 0 spiro atoms. The van der Waals surface area contributed by atoms with E-state index < -0.39 is 6.10 Å². The van der Waals surface area contributed by atoms with Gasteiger partial charge in [-0.3, -0.25) is 4.99 Å². The van der Waals surface area contributed by atoms with Crippen LogP contribution in [0.25, 0.3) is 10.1 Å². The topological polar surface area (TPSA) is 59.9 Å². The molecule has 0 saturated heterocycles. The van der Waals surface area contributed by atoms with Crippen molar-refractivity contribution < 1.29 is 9.50 Å². The minimum Gasteiger partial charge on any atom is -0.386 e. The summed E-state index contributed by atoms with van der Waals surface area (Å²) in [6, 6.07) is 16.7. The van der Waals surface area contributed by atoms with E-state index in [1.54, 1.807) is 30.5 Å². The third kappa shape index (κ3) is 5.53. The summed E-state index contributed by atoms with van der Waals surface area (Å²) in [7, 11) is 5.66. The van der Waals surface area contributed by atoms with E-state index in [0.717, 1.165) is 20.5 Å². The van der Waals surface area contributed by atoms with Crippen LogP contribution in [0.1, 0.15) is 22.6 Å². The number of rotatable bonds is 7. The van der Waals surface area contributed by atoms with E-state index in [9.17, 15) is 9.50 Å². The Balaban J connectivity index is 1.57. The zero-order valence-corrected chi connectivity index (χ0v) is 17.7. The lowest BCUT2D eigenvalue weighted by atomic mass is 10.1. The number of aliphatic hydroxyl groups is 1. The minimum absolute atomic E-state index is 0.0571. The molecule has 0 radical (unpaired) electrons. The molecule has 2 aromatic carbocycles. The standard InChI is InChI=1S/C22H27FN4OS/c1-24-22(25-13-18(27(2)3)15-8-10-17(23)11-9-15)26-14-19(28)21-12-16-6-4-5-7-20(16)29-21/h4-12,18-19,28H,13-14H2,1-3H3,(H2,24,25,26). The van der Waals surface area contributed by atoms with Crippen molar-refractivity contribution in [1.29, 1.82) is 0 Å². The Labute approximate surface area is 174 Å². The summed E-state index contributed by atoms with van der Waals surface area (Å²) in [4.78, 5) is 7.24. The fourth-order valence-electron chi connectivity index (χ4n) is 3.16. The van der Waals surface area contributed by atoms with Crippen LogP contribution in [0.2, 0.25) is 0 Å². The van der Waals surface area contributed by atoms with Crippen LogP contribution in [-0.2, 0) is 0 Å². The van der Waals surface area contributed by atoms with Gasteiger partial charge in [0.2, 0.25) is 0 Å². The number of hydrogen-bond donors (Lipinski definition) is 3. The first-order chi connectivity index (χ1) is 14.0. The molecule has 2 unspecified atom stereocenters. The predicted molar refractivity (Wildman–Crippen MR) is 119 cm³/mol. The highest BCUT2D eigenvalue weighted by Crippen LogP contribution is 2.29. The first kappa shape index (κ1) is 21.2. The van der Waals surface area contributed by atoms with Gasteiger partial charge in [0.15, 0.2) is 5.96 Å². The number of guanidine groups is 1. The summed E-state index contributed by atoms with van der Waals surface area (Å²) in [6.07, 6.45) is -0.618. The van der Waals surface area contributed by atoms with E-state index >= 15 is 0 Å². The van der Waals surface area contributed by atoms with Gasteiger partial charge in [-0.05, 0) is 49.3 Å². The minimum atomic E-state index is -0.618. The van der Waals surface area contributed by atoms with Gasteiger partial charge in [-0.25, -0.2) is 4.39 Å². The van der Waals surface area contributed by atoms with E-state index in [-0.39, 0.29) is 11.9 Å². The average molecular weight is 415 g/mol. The average Bonchev–Trinajstić information content (AvgIpc) is 3.15. The second-order valence-electron chi connectivity index (χ2n) is 7.07. The molecule has 3 aromatic rings. The van der Waals surface area contributed by atoms with Crippen LogP contribution >= 0.6 is 11.3 Å². The third-order valence-electron chi connectivity index (χ3n) is 4.80. The molecule has 5 nitrogen and oxygen atoms in total. The highest BCUT2D eigenvalue weighted by Gasteiger charge is 2.16. The molecule has 0 fully saturated rings. The Hall–Kier alpha value is -2.48. The molecule has 0 aliphatic heterocycles. The maximum atomic E-state index is 13.2. The Morgan fingerprint density at radius 2 is 1.79 bits per heavy atom. The normalized spacial score (nSPS) is 14.2. The van der Waals surface area contributed by atoms with Crippen LogP contribution in [0, 0.1) is 5.82 Å². The third-order valence-corrected chi connectivity index (χ3v) is 6.02. The lowest BCUT2D eigenvalue weighted by molar-refractivity contribution is 0.184. The van der Waals surface area contributed by atoms with E-state index in [1.807, 2.05) is 38.4 Å². The lowest BCUT2D eigenvalue weighted by Crippen LogP contribution is -2.43. The summed E-state index contributed by atoms with van der Waals surface area (Å²) >= 11 is 1.60. The van der Waals surface area contributed by atoms with Gasteiger partial charge >= 0.3 is 0 Å². The number of aliphatic imine (C=N–C) groups is 1. The van der Waals surface area contributed by atoms with Crippen molar-refractivity contribution in [2.75, 3.05) is 34.2 Å². The van der Waals surface area contributed by atoms with Crippen LogP contribution in [0.4, 0.5) is 4.39 Å². The number of thiophene rings is 1. The number of halogens is 1. The van der Waals surface area contributed by atoms with Crippen molar-refractivity contribution in [3.05, 3.63) is 70.9 Å². The fourth-order valence-corrected chi connectivity index (χ4v) is 4.21. The monoisotopic (exact) mass is 414 g/mol. The summed E-state index contributed by atoms with van der Waals surface area (Å²) in [5.41, 5.74) is 1.02. The molecule has 1 aromatic heterocycles. The number of benzene rings is 2. The number of hydrogen-bond acceptors (Lipinski definition) is 4. The number of nitrogens with zero attached hydrogens (tertiary/aromatic N) is 2. The molecule has 2 atom stereocenters. The first-order valence-electron chi connectivity index (χ1n) is 9.51. The molecule has 154 valence electrons. The number of fused-ring (bicyclic) bond motifs is 1. The molecule has 0 amide bonds. The molecule has 0 aliphatic rings.